The number of nitro groups is 1. The predicted octanol–water partition coefficient (Wildman–Crippen LogP) is 10.2. The molecule has 4 aromatic carbocycles. The maximum absolute atomic E-state index is 16.6. The van der Waals surface area contributed by atoms with E-state index in [4.69, 9.17) is 4.74 Å². The molecule has 2 aliphatic carbocycles. The Labute approximate surface area is 437 Å². The molecule has 6 aromatic rings. The number of nitro benzene ring substituents is 1. The fraction of sp³-hybridized carbons (Fsp3) is 0.421. The molecule has 2 saturated carbocycles. The van der Waals surface area contributed by atoms with Gasteiger partial charge in [0.25, 0.3) is 21.6 Å². The summed E-state index contributed by atoms with van der Waals surface area (Å²) in [6.07, 6.45) is 9.58. The van der Waals surface area contributed by atoms with Crippen molar-refractivity contribution in [2.75, 3.05) is 49.5 Å². The number of anilines is 2. The van der Waals surface area contributed by atoms with Crippen LogP contribution in [0, 0.1) is 38.6 Å². The van der Waals surface area contributed by atoms with Crippen LogP contribution in [0.5, 0.6) is 11.5 Å². The average Bonchev–Trinajstić information content (AvgIpc) is 3.87. The van der Waals surface area contributed by atoms with Gasteiger partial charge in [0, 0.05) is 81.6 Å². The number of amides is 1. The number of pyridine rings is 1. The third-order valence-corrected chi connectivity index (χ3v) is 17.6. The lowest BCUT2D eigenvalue weighted by Gasteiger charge is -2.58. The van der Waals surface area contributed by atoms with Crippen molar-refractivity contribution in [3.8, 4) is 17.6 Å². The minimum atomic E-state index is -4.73. The van der Waals surface area contributed by atoms with Gasteiger partial charge in [0.15, 0.2) is 0 Å². The minimum Gasteiger partial charge on any atom is -0.455 e. The van der Waals surface area contributed by atoms with E-state index in [-0.39, 0.29) is 40.2 Å². The van der Waals surface area contributed by atoms with Crippen molar-refractivity contribution in [3.63, 3.8) is 0 Å². The molecule has 0 unspecified atom stereocenters. The molecule has 392 valence electrons. The Balaban J connectivity index is 0.845. The molecule has 1 atom stereocenters. The van der Waals surface area contributed by atoms with Crippen molar-refractivity contribution in [2.45, 2.75) is 107 Å². The van der Waals surface area contributed by atoms with Crippen LogP contribution in [0.1, 0.15) is 117 Å². The molecular weight excluding hydrogens is 974 g/mol. The number of piperidine rings is 1. The highest BCUT2D eigenvalue weighted by atomic mass is 32.2. The summed E-state index contributed by atoms with van der Waals surface area (Å²) in [5, 5.41) is 35.7. The Morgan fingerprint density at radius 2 is 1.75 bits per heavy atom. The number of nitriles is 1. The van der Waals surface area contributed by atoms with E-state index in [0.717, 1.165) is 82.2 Å². The number of piperazine rings is 1. The molecule has 75 heavy (non-hydrogen) atoms. The van der Waals surface area contributed by atoms with E-state index in [1.54, 1.807) is 25.3 Å². The van der Waals surface area contributed by atoms with Crippen molar-refractivity contribution in [1.29, 1.82) is 5.26 Å². The monoisotopic (exact) mass is 1040 g/mol. The number of sulfonamides is 1. The molecule has 10 rings (SSSR count). The SMILES string of the molecule is CC(C)c1ccccc1[C@@H]1CN(Cc2ccc(C#N)cc2)CCN1C1CC2(CCN(c3cc(Oc4cnc5[nH]ccc5c4)c(C(=O)NS(=O)(=O)c4ccc(NCC5CCC(C)(O)CC5)c([N+](=O)[O-])c4)cc3F)CC2)C1. The van der Waals surface area contributed by atoms with Gasteiger partial charge in [-0.15, -0.1) is 0 Å². The summed E-state index contributed by atoms with van der Waals surface area (Å²) < 4.78 is 52.6. The van der Waals surface area contributed by atoms with Gasteiger partial charge in [-0.2, -0.15) is 5.26 Å². The van der Waals surface area contributed by atoms with Crippen LogP contribution in [0.15, 0.2) is 108 Å². The van der Waals surface area contributed by atoms with E-state index in [1.807, 2.05) is 21.8 Å². The van der Waals surface area contributed by atoms with E-state index in [2.05, 4.69) is 81.4 Å². The first kappa shape index (κ1) is 51.6. The van der Waals surface area contributed by atoms with Crippen LogP contribution in [0.4, 0.5) is 21.5 Å². The molecule has 1 amide bonds. The van der Waals surface area contributed by atoms with Gasteiger partial charge < -0.3 is 25.0 Å². The number of aromatic amines is 1. The molecule has 1 spiro atoms. The largest absolute Gasteiger partial charge is 0.455 e. The standard InChI is InChI=1S/C57H64FN9O7S/c1-37(2)45-6-4-5-7-46(45)52-36-64(35-40-10-8-38(32-59)9-11-40)24-25-66(52)42-30-57(31-42)19-22-65(23-20-57)50-29-53(74-43-26-41-16-21-60-54(41)62-34-43)47(28-48(50)58)55(68)63-75(72,73)44-12-13-49(51(27-44)67(70)71)61-33-39-14-17-56(3,69)18-15-39/h4-13,16,21,26-29,34,37,39,42,52,61,69H,14-15,17-20,22-25,30-31,33,35-36H2,1-3H3,(H,60,62)(H,63,68)/t39?,52-,56?/m0/s1. The number of ether oxygens (including phenoxy) is 1. The lowest BCUT2D eigenvalue weighted by Crippen LogP contribution is -2.60. The number of aliphatic hydroxyl groups is 1. The molecule has 4 N–H and O–H groups in total. The number of H-pyrrole nitrogens is 1. The number of hydrogen-bond donors (Lipinski definition) is 4. The third-order valence-electron chi connectivity index (χ3n) is 16.3. The second kappa shape index (κ2) is 21.0. The van der Waals surface area contributed by atoms with Crippen molar-refractivity contribution < 1.29 is 32.4 Å². The van der Waals surface area contributed by atoms with Crippen molar-refractivity contribution in [3.05, 3.63) is 147 Å². The zero-order valence-corrected chi connectivity index (χ0v) is 43.4. The van der Waals surface area contributed by atoms with Gasteiger partial charge >= 0.3 is 0 Å². The molecule has 4 heterocycles. The minimum absolute atomic E-state index is 0.0897. The van der Waals surface area contributed by atoms with Crippen LogP contribution >= 0.6 is 0 Å². The maximum Gasteiger partial charge on any atom is 0.293 e. The normalized spacial score (nSPS) is 21.4. The number of nitrogens with one attached hydrogen (secondary N) is 3. The van der Waals surface area contributed by atoms with E-state index in [0.29, 0.717) is 55.6 Å². The van der Waals surface area contributed by atoms with E-state index < -0.39 is 48.4 Å². The quantitative estimate of drug-likeness (QED) is 0.0558. The second-order valence-electron chi connectivity index (χ2n) is 21.8. The van der Waals surface area contributed by atoms with Gasteiger partial charge in [-0.1, -0.05) is 50.2 Å². The Morgan fingerprint density at radius 1 is 1.00 bits per heavy atom. The highest BCUT2D eigenvalue weighted by Gasteiger charge is 2.50. The van der Waals surface area contributed by atoms with E-state index >= 15 is 4.39 Å². The first-order valence-electron chi connectivity index (χ1n) is 26.0. The highest BCUT2D eigenvalue weighted by Crippen LogP contribution is 2.54. The van der Waals surface area contributed by atoms with Gasteiger partial charge in [-0.3, -0.25) is 24.7 Å². The number of aromatic nitrogens is 2. The molecule has 2 saturated heterocycles. The molecule has 2 aliphatic heterocycles. The number of carbonyl (C=O) groups excluding carboxylic acids is 1. The van der Waals surface area contributed by atoms with E-state index in [9.17, 15) is 33.7 Å². The molecular formula is C57H64FN9O7S. The molecule has 0 radical (unpaired) electrons. The molecule has 18 heteroatoms. The molecule has 16 nitrogen and oxygen atoms in total. The molecule has 4 fully saturated rings. The van der Waals surface area contributed by atoms with Gasteiger partial charge in [-0.25, -0.2) is 22.5 Å². The van der Waals surface area contributed by atoms with Gasteiger partial charge in [-0.05, 0) is 135 Å². The molecule has 2 aromatic heterocycles. The average molecular weight is 1040 g/mol. The summed E-state index contributed by atoms with van der Waals surface area (Å²) in [5.41, 5.74) is 3.97. The van der Waals surface area contributed by atoms with Crippen LogP contribution in [0.3, 0.4) is 0 Å². The third kappa shape index (κ3) is 11.2. The lowest BCUT2D eigenvalue weighted by atomic mass is 9.59. The Morgan fingerprint density at radius 3 is 2.47 bits per heavy atom. The van der Waals surface area contributed by atoms with Crippen molar-refractivity contribution in [2.24, 2.45) is 11.3 Å². The Bertz CT molecular complexity index is 3240. The Hall–Kier alpha value is -6.91. The topological polar surface area (TPSA) is 210 Å². The number of hydrogen-bond acceptors (Lipinski definition) is 13. The number of benzene rings is 4. The number of nitrogens with zero attached hydrogens (tertiary/aromatic N) is 6. The van der Waals surface area contributed by atoms with Crippen molar-refractivity contribution in [1.82, 2.24) is 24.5 Å². The van der Waals surface area contributed by atoms with Crippen molar-refractivity contribution >= 4 is 44.0 Å². The zero-order chi connectivity index (χ0) is 52.6. The number of rotatable bonds is 15. The fourth-order valence-corrected chi connectivity index (χ4v) is 12.9. The van der Waals surface area contributed by atoms with Gasteiger partial charge in [0.2, 0.25) is 0 Å². The summed E-state index contributed by atoms with van der Waals surface area (Å²) in [7, 11) is -4.73. The number of fused-ring (bicyclic) bond motifs is 1. The summed E-state index contributed by atoms with van der Waals surface area (Å²) in [4.78, 5) is 39.7. The summed E-state index contributed by atoms with van der Waals surface area (Å²) >= 11 is 0. The van der Waals surface area contributed by atoms with Crippen LogP contribution < -0.4 is 19.7 Å². The molecule has 0 bridgehead atoms. The predicted molar refractivity (Wildman–Crippen MR) is 285 cm³/mol. The summed E-state index contributed by atoms with van der Waals surface area (Å²) in [5.74, 6) is -1.25. The second-order valence-corrected chi connectivity index (χ2v) is 23.5. The highest BCUT2D eigenvalue weighted by molar-refractivity contribution is 7.90. The first-order valence-corrected chi connectivity index (χ1v) is 27.5. The van der Waals surface area contributed by atoms with E-state index in [1.165, 1.54) is 41.1 Å². The number of halogens is 1. The fourth-order valence-electron chi connectivity index (χ4n) is 11.9. The smallest absolute Gasteiger partial charge is 0.293 e. The summed E-state index contributed by atoms with van der Waals surface area (Å²) in [6, 6.07) is 28.8. The van der Waals surface area contributed by atoms with Crippen LogP contribution in [-0.2, 0) is 16.6 Å². The van der Waals surface area contributed by atoms with Gasteiger partial charge in [0.1, 0.15) is 28.7 Å². The van der Waals surface area contributed by atoms with Gasteiger partial charge in [0.05, 0.1) is 44.5 Å². The zero-order valence-electron chi connectivity index (χ0n) is 42.6. The number of carbonyl (C=O) groups is 1. The van der Waals surface area contributed by atoms with Crippen LogP contribution in [-0.4, -0.2) is 95.0 Å². The maximum atomic E-state index is 16.6. The Kier molecular flexibility index (Phi) is 14.4. The first-order chi connectivity index (χ1) is 35.9. The summed E-state index contributed by atoms with van der Waals surface area (Å²) in [6.45, 7) is 11.4. The molecule has 4 aliphatic rings. The van der Waals surface area contributed by atoms with Crippen LogP contribution in [0.25, 0.3) is 11.0 Å². The lowest BCUT2D eigenvalue weighted by molar-refractivity contribution is -0.384. The van der Waals surface area contributed by atoms with Crippen LogP contribution in [0.2, 0.25) is 0 Å².